The lowest BCUT2D eigenvalue weighted by Gasteiger charge is -2.28. The SMILES string of the molecule is COCC(=O)Nc1ccc(N2C(=S)N[C@H](c3ccccn3)[C@@H]2c2cc(C)n(Cc3ccccc3)c2C)cc1. The summed E-state index contributed by atoms with van der Waals surface area (Å²) in [6, 6.07) is 26.2. The molecule has 5 rings (SSSR count). The molecule has 194 valence electrons. The number of carbonyl (C=O) groups excluding carboxylic acids is 1. The maximum Gasteiger partial charge on any atom is 0.250 e. The van der Waals surface area contributed by atoms with E-state index in [-0.39, 0.29) is 24.6 Å². The highest BCUT2D eigenvalue weighted by Crippen LogP contribution is 2.43. The molecule has 38 heavy (non-hydrogen) atoms. The quantitative estimate of drug-likeness (QED) is 0.304. The molecule has 2 N–H and O–H groups in total. The Morgan fingerprint density at radius 1 is 1.05 bits per heavy atom. The molecule has 4 aromatic rings. The van der Waals surface area contributed by atoms with Gasteiger partial charge in [0.05, 0.1) is 17.8 Å². The van der Waals surface area contributed by atoms with Crippen LogP contribution in [0.4, 0.5) is 11.4 Å². The number of amides is 1. The Kier molecular flexibility index (Phi) is 7.53. The molecule has 2 aromatic heterocycles. The van der Waals surface area contributed by atoms with Crippen LogP contribution in [0.15, 0.2) is 85.1 Å². The third-order valence-electron chi connectivity index (χ3n) is 6.92. The van der Waals surface area contributed by atoms with Crippen molar-refractivity contribution >= 4 is 34.6 Å². The molecule has 2 aromatic carbocycles. The van der Waals surface area contributed by atoms with Crippen LogP contribution < -0.4 is 15.5 Å². The second kappa shape index (κ2) is 11.2. The lowest BCUT2D eigenvalue weighted by Crippen LogP contribution is -2.29. The van der Waals surface area contributed by atoms with Gasteiger partial charge >= 0.3 is 0 Å². The van der Waals surface area contributed by atoms with Crippen molar-refractivity contribution in [1.82, 2.24) is 14.9 Å². The topological polar surface area (TPSA) is 71.4 Å². The Labute approximate surface area is 228 Å². The van der Waals surface area contributed by atoms with Crippen LogP contribution in [-0.4, -0.2) is 34.3 Å². The number of hydrogen-bond acceptors (Lipinski definition) is 4. The summed E-state index contributed by atoms with van der Waals surface area (Å²) in [5.74, 6) is -0.197. The van der Waals surface area contributed by atoms with E-state index in [0.29, 0.717) is 10.8 Å². The van der Waals surface area contributed by atoms with Gasteiger partial charge in [-0.3, -0.25) is 9.78 Å². The minimum absolute atomic E-state index is 0.00824. The number of thiocarbonyl (C=S) groups is 1. The highest BCUT2D eigenvalue weighted by molar-refractivity contribution is 7.80. The van der Waals surface area contributed by atoms with Crippen molar-refractivity contribution in [2.24, 2.45) is 0 Å². The number of methoxy groups -OCH3 is 1. The van der Waals surface area contributed by atoms with Gasteiger partial charge in [-0.25, -0.2) is 0 Å². The molecule has 3 heterocycles. The van der Waals surface area contributed by atoms with E-state index in [9.17, 15) is 4.79 Å². The van der Waals surface area contributed by atoms with Crippen molar-refractivity contribution in [3.63, 3.8) is 0 Å². The van der Waals surface area contributed by atoms with Crippen LogP contribution >= 0.6 is 12.2 Å². The highest BCUT2D eigenvalue weighted by atomic mass is 32.1. The number of nitrogens with zero attached hydrogens (tertiary/aromatic N) is 3. The van der Waals surface area contributed by atoms with Gasteiger partial charge in [0, 0.05) is 42.6 Å². The van der Waals surface area contributed by atoms with Crippen LogP contribution in [0.25, 0.3) is 0 Å². The van der Waals surface area contributed by atoms with Gasteiger partial charge in [0.25, 0.3) is 0 Å². The molecule has 1 saturated heterocycles. The van der Waals surface area contributed by atoms with E-state index in [4.69, 9.17) is 17.0 Å². The lowest BCUT2D eigenvalue weighted by atomic mass is 9.96. The molecule has 1 amide bonds. The second-order valence-electron chi connectivity index (χ2n) is 9.42. The third-order valence-corrected chi connectivity index (χ3v) is 7.23. The standard InChI is InChI=1S/C30H31N5O2S/c1-20-17-25(21(2)34(20)18-22-9-5-4-6-10-22)29-28(26-11-7-8-16-31-26)33-30(38)35(29)24-14-12-23(13-15-24)32-27(36)19-37-3/h4-17,28-29H,18-19H2,1-3H3,(H,32,36)(H,33,38)/t28-,29+/m1/s1. The number of pyridine rings is 1. The fourth-order valence-electron chi connectivity index (χ4n) is 5.12. The molecule has 1 aliphatic rings. The van der Waals surface area contributed by atoms with Crippen molar-refractivity contribution in [2.75, 3.05) is 23.9 Å². The number of nitrogens with one attached hydrogen (secondary N) is 2. The fourth-order valence-corrected chi connectivity index (χ4v) is 5.46. The molecule has 0 bridgehead atoms. The Morgan fingerprint density at radius 3 is 2.47 bits per heavy atom. The molecule has 0 aliphatic carbocycles. The Bertz CT molecular complexity index is 1420. The number of aromatic nitrogens is 2. The predicted molar refractivity (Wildman–Crippen MR) is 154 cm³/mol. The number of rotatable bonds is 8. The summed E-state index contributed by atoms with van der Waals surface area (Å²) in [4.78, 5) is 18.8. The molecule has 0 unspecified atom stereocenters. The Hall–Kier alpha value is -4.01. The van der Waals surface area contributed by atoms with Crippen molar-refractivity contribution in [2.45, 2.75) is 32.5 Å². The summed E-state index contributed by atoms with van der Waals surface area (Å²) in [6.45, 7) is 5.13. The van der Waals surface area contributed by atoms with Crippen molar-refractivity contribution in [3.8, 4) is 0 Å². The molecule has 8 heteroatoms. The fraction of sp³-hybridized carbons (Fsp3) is 0.233. The van der Waals surface area contributed by atoms with Gasteiger partial charge in [0.15, 0.2) is 5.11 Å². The van der Waals surface area contributed by atoms with Crippen LogP contribution in [0.5, 0.6) is 0 Å². The summed E-state index contributed by atoms with van der Waals surface area (Å²) in [6.07, 6.45) is 1.82. The first-order chi connectivity index (χ1) is 18.5. The van der Waals surface area contributed by atoms with Gasteiger partial charge in [0.1, 0.15) is 6.61 Å². The van der Waals surface area contributed by atoms with Crippen molar-refractivity contribution in [1.29, 1.82) is 0 Å². The maximum absolute atomic E-state index is 12.0. The van der Waals surface area contributed by atoms with Gasteiger partial charge in [-0.15, -0.1) is 0 Å². The summed E-state index contributed by atoms with van der Waals surface area (Å²) < 4.78 is 7.27. The Balaban J connectivity index is 1.54. The molecule has 1 aliphatic heterocycles. The molecule has 2 atom stereocenters. The summed E-state index contributed by atoms with van der Waals surface area (Å²) in [5, 5.41) is 7.02. The first-order valence-electron chi connectivity index (χ1n) is 12.6. The summed E-state index contributed by atoms with van der Waals surface area (Å²) in [5.41, 5.74) is 7.39. The molecule has 7 nitrogen and oxygen atoms in total. The van der Waals surface area contributed by atoms with E-state index in [2.05, 4.69) is 69.3 Å². The summed E-state index contributed by atoms with van der Waals surface area (Å²) >= 11 is 5.90. The molecule has 1 fully saturated rings. The van der Waals surface area contributed by atoms with Crippen molar-refractivity contribution < 1.29 is 9.53 Å². The molecular weight excluding hydrogens is 494 g/mol. The predicted octanol–water partition coefficient (Wildman–Crippen LogP) is 5.31. The van der Waals surface area contributed by atoms with E-state index >= 15 is 0 Å². The minimum Gasteiger partial charge on any atom is -0.375 e. The maximum atomic E-state index is 12.0. The zero-order valence-electron chi connectivity index (χ0n) is 21.7. The third kappa shape index (κ3) is 5.18. The number of hydrogen-bond donors (Lipinski definition) is 2. The Morgan fingerprint density at radius 2 is 1.79 bits per heavy atom. The van der Waals surface area contributed by atoms with Crippen LogP contribution in [0.1, 0.15) is 40.3 Å². The average Bonchev–Trinajstić information content (AvgIpc) is 3.41. The van der Waals surface area contributed by atoms with Crippen LogP contribution in [-0.2, 0) is 16.1 Å². The number of carbonyl (C=O) groups is 1. The second-order valence-corrected chi connectivity index (χ2v) is 9.81. The normalized spacial score (nSPS) is 16.9. The number of aryl methyl sites for hydroxylation is 1. The van der Waals surface area contributed by atoms with Gasteiger partial charge in [-0.1, -0.05) is 36.4 Å². The number of anilines is 2. The van der Waals surface area contributed by atoms with Crippen molar-refractivity contribution in [3.05, 3.63) is 113 Å². The first-order valence-corrected chi connectivity index (χ1v) is 13.0. The smallest absolute Gasteiger partial charge is 0.250 e. The molecule has 0 saturated carbocycles. The lowest BCUT2D eigenvalue weighted by molar-refractivity contribution is -0.119. The first kappa shape index (κ1) is 25.6. The molecular formula is C30H31N5O2S. The highest BCUT2D eigenvalue weighted by Gasteiger charge is 2.42. The summed E-state index contributed by atoms with van der Waals surface area (Å²) in [7, 11) is 1.50. The van der Waals surface area contributed by atoms with Crippen LogP contribution in [0.3, 0.4) is 0 Å². The minimum atomic E-state index is -0.197. The number of ether oxygens (including phenoxy) is 1. The van der Waals surface area contributed by atoms with E-state index in [1.165, 1.54) is 29.6 Å². The van der Waals surface area contributed by atoms with Crippen LogP contribution in [0.2, 0.25) is 0 Å². The van der Waals surface area contributed by atoms with Crippen LogP contribution in [0, 0.1) is 13.8 Å². The average molecular weight is 526 g/mol. The van der Waals surface area contributed by atoms with Gasteiger partial charge < -0.3 is 24.8 Å². The molecule has 0 radical (unpaired) electrons. The monoisotopic (exact) mass is 525 g/mol. The van der Waals surface area contributed by atoms with Gasteiger partial charge in [-0.2, -0.15) is 0 Å². The van der Waals surface area contributed by atoms with Gasteiger partial charge in [0.2, 0.25) is 5.91 Å². The van der Waals surface area contributed by atoms with E-state index < -0.39 is 0 Å². The van der Waals surface area contributed by atoms with Gasteiger partial charge in [-0.05, 0) is 79.7 Å². The molecule has 0 spiro atoms. The largest absolute Gasteiger partial charge is 0.375 e. The van der Waals surface area contributed by atoms with E-state index in [1.54, 1.807) is 0 Å². The zero-order valence-corrected chi connectivity index (χ0v) is 22.5. The number of benzene rings is 2. The van der Waals surface area contributed by atoms with E-state index in [0.717, 1.165) is 17.9 Å². The van der Waals surface area contributed by atoms with E-state index in [1.807, 2.05) is 54.7 Å². The zero-order chi connectivity index (χ0) is 26.6.